The monoisotopic (exact) mass is 276 g/mol. The molecule has 1 saturated heterocycles. The molecule has 1 aromatic carbocycles. The van der Waals surface area contributed by atoms with Crippen LogP contribution in [0.1, 0.15) is 51.2 Å². The Morgan fingerprint density at radius 2 is 1.95 bits per heavy atom. The Hall–Kier alpha value is -0.960. The summed E-state index contributed by atoms with van der Waals surface area (Å²) in [5.74, 6) is 1.75. The van der Waals surface area contributed by atoms with Crippen molar-refractivity contribution in [2.24, 2.45) is 4.99 Å². The van der Waals surface area contributed by atoms with E-state index in [1.807, 2.05) is 11.8 Å². The van der Waals surface area contributed by atoms with Gasteiger partial charge in [0.1, 0.15) is 0 Å². The summed E-state index contributed by atoms with van der Waals surface area (Å²) in [6, 6.07) is 8.81. The lowest BCUT2D eigenvalue weighted by Gasteiger charge is -2.32. The number of rotatable bonds is 3. The fourth-order valence-electron chi connectivity index (χ4n) is 2.05. The van der Waals surface area contributed by atoms with Gasteiger partial charge in [0.05, 0.1) is 6.54 Å². The molecule has 104 valence electrons. The molecule has 0 bridgehead atoms. The molecule has 1 heterocycles. The van der Waals surface area contributed by atoms with Gasteiger partial charge in [-0.1, -0.05) is 49.9 Å². The topological polar surface area (TPSA) is 24.4 Å². The van der Waals surface area contributed by atoms with Crippen LogP contribution < -0.4 is 5.32 Å². The third kappa shape index (κ3) is 4.27. The number of hydrogen-bond acceptors (Lipinski definition) is 2. The van der Waals surface area contributed by atoms with E-state index in [0.717, 1.165) is 17.5 Å². The van der Waals surface area contributed by atoms with Gasteiger partial charge in [-0.25, -0.2) is 0 Å². The molecule has 0 spiro atoms. The quantitative estimate of drug-likeness (QED) is 0.896. The van der Waals surface area contributed by atoms with Crippen LogP contribution in [-0.2, 0) is 6.54 Å². The van der Waals surface area contributed by atoms with Gasteiger partial charge in [-0.15, -0.1) is 0 Å². The molecule has 1 aliphatic rings. The van der Waals surface area contributed by atoms with Crippen LogP contribution in [0.15, 0.2) is 29.3 Å². The van der Waals surface area contributed by atoms with Gasteiger partial charge in [0.25, 0.3) is 0 Å². The van der Waals surface area contributed by atoms with E-state index in [2.05, 4.69) is 57.3 Å². The first-order chi connectivity index (χ1) is 8.96. The molecule has 0 saturated carbocycles. The molecule has 19 heavy (non-hydrogen) atoms. The molecule has 0 amide bonds. The Morgan fingerprint density at radius 1 is 1.26 bits per heavy atom. The number of thioether (sulfide) groups is 1. The van der Waals surface area contributed by atoms with Crippen molar-refractivity contribution in [2.45, 2.75) is 52.1 Å². The van der Waals surface area contributed by atoms with Crippen LogP contribution in [0.25, 0.3) is 0 Å². The van der Waals surface area contributed by atoms with E-state index < -0.39 is 0 Å². The Balaban J connectivity index is 1.98. The molecule has 2 nitrogen and oxygen atoms in total. The van der Waals surface area contributed by atoms with E-state index in [4.69, 9.17) is 4.99 Å². The van der Waals surface area contributed by atoms with Crippen LogP contribution in [0.3, 0.4) is 0 Å². The largest absolute Gasteiger partial charge is 0.360 e. The van der Waals surface area contributed by atoms with Crippen molar-refractivity contribution in [3.63, 3.8) is 0 Å². The average Bonchev–Trinajstić information content (AvgIpc) is 2.36. The number of benzene rings is 1. The minimum atomic E-state index is 0.186. The summed E-state index contributed by atoms with van der Waals surface area (Å²) in [5, 5.41) is 4.59. The molecule has 0 radical (unpaired) electrons. The van der Waals surface area contributed by atoms with Gasteiger partial charge in [0, 0.05) is 11.3 Å². The van der Waals surface area contributed by atoms with Crippen LogP contribution in [0.2, 0.25) is 0 Å². The van der Waals surface area contributed by atoms with Gasteiger partial charge >= 0.3 is 0 Å². The molecular formula is C16H24N2S. The molecule has 3 heteroatoms. The minimum Gasteiger partial charge on any atom is -0.360 e. The summed E-state index contributed by atoms with van der Waals surface area (Å²) in [5.41, 5.74) is 2.86. The van der Waals surface area contributed by atoms with Gasteiger partial charge < -0.3 is 5.32 Å². The second-order valence-electron chi connectivity index (χ2n) is 6.13. The summed E-state index contributed by atoms with van der Waals surface area (Å²) in [6.07, 6.45) is 1.19. The maximum Gasteiger partial charge on any atom is 0.157 e. The molecule has 0 aliphatic carbocycles. The molecule has 0 aromatic heterocycles. The second-order valence-corrected chi connectivity index (χ2v) is 7.21. The minimum absolute atomic E-state index is 0.186. The van der Waals surface area contributed by atoms with Gasteiger partial charge in [0.15, 0.2) is 5.17 Å². The van der Waals surface area contributed by atoms with Gasteiger partial charge in [-0.3, -0.25) is 4.99 Å². The normalized spacial score (nSPS) is 20.6. The molecule has 1 fully saturated rings. The first-order valence-electron chi connectivity index (χ1n) is 7.00. The number of aliphatic imine (C=N–C) groups is 1. The standard InChI is InChI=1S/C16H24N2S/c1-12(2)14-7-5-13(6-8-14)11-17-15-18-16(3,4)9-10-19-15/h5-8,12H,9-11H2,1-4H3,(H,17,18). The fourth-order valence-corrected chi connectivity index (χ4v) is 3.36. The molecule has 1 N–H and O–H groups in total. The van der Waals surface area contributed by atoms with Gasteiger partial charge in [-0.2, -0.15) is 0 Å². The van der Waals surface area contributed by atoms with E-state index in [-0.39, 0.29) is 5.54 Å². The highest BCUT2D eigenvalue weighted by Gasteiger charge is 2.23. The van der Waals surface area contributed by atoms with Crippen molar-refractivity contribution in [1.29, 1.82) is 0 Å². The van der Waals surface area contributed by atoms with Crippen LogP contribution in [-0.4, -0.2) is 16.5 Å². The predicted molar refractivity (Wildman–Crippen MR) is 86.0 cm³/mol. The number of hydrogen-bond donors (Lipinski definition) is 1. The van der Waals surface area contributed by atoms with Crippen molar-refractivity contribution in [3.05, 3.63) is 35.4 Å². The fraction of sp³-hybridized carbons (Fsp3) is 0.562. The summed E-state index contributed by atoms with van der Waals surface area (Å²) >= 11 is 1.83. The zero-order chi connectivity index (χ0) is 13.9. The molecule has 1 aromatic rings. The molecule has 0 unspecified atom stereocenters. The third-order valence-corrected chi connectivity index (χ3v) is 4.38. The van der Waals surface area contributed by atoms with E-state index in [0.29, 0.717) is 5.92 Å². The van der Waals surface area contributed by atoms with Crippen LogP contribution in [0.5, 0.6) is 0 Å². The lowest BCUT2D eigenvalue weighted by Crippen LogP contribution is -2.46. The van der Waals surface area contributed by atoms with E-state index in [1.54, 1.807) is 0 Å². The lowest BCUT2D eigenvalue weighted by molar-refractivity contribution is 0.446. The molecule has 0 atom stereocenters. The lowest BCUT2D eigenvalue weighted by atomic mass is 10.0. The van der Waals surface area contributed by atoms with E-state index >= 15 is 0 Å². The summed E-state index contributed by atoms with van der Waals surface area (Å²) < 4.78 is 0. The molecular weight excluding hydrogens is 252 g/mol. The number of nitrogens with one attached hydrogen (secondary N) is 1. The summed E-state index contributed by atoms with van der Waals surface area (Å²) in [4.78, 5) is 4.69. The van der Waals surface area contributed by atoms with Crippen LogP contribution >= 0.6 is 11.8 Å². The van der Waals surface area contributed by atoms with Crippen molar-refractivity contribution in [2.75, 3.05) is 5.75 Å². The smallest absolute Gasteiger partial charge is 0.157 e. The molecule has 1 aliphatic heterocycles. The Labute approximate surface area is 121 Å². The van der Waals surface area contributed by atoms with Crippen molar-refractivity contribution >= 4 is 16.9 Å². The highest BCUT2D eigenvalue weighted by atomic mass is 32.2. The van der Waals surface area contributed by atoms with Gasteiger partial charge in [-0.05, 0) is 37.3 Å². The Bertz CT molecular complexity index is 446. The maximum atomic E-state index is 4.69. The predicted octanol–water partition coefficient (Wildman–Crippen LogP) is 4.17. The number of nitrogens with zero attached hydrogens (tertiary/aromatic N) is 1. The zero-order valence-electron chi connectivity index (χ0n) is 12.4. The third-order valence-electron chi connectivity index (χ3n) is 3.46. The highest BCUT2D eigenvalue weighted by molar-refractivity contribution is 8.13. The first-order valence-corrected chi connectivity index (χ1v) is 7.99. The van der Waals surface area contributed by atoms with E-state index in [1.165, 1.54) is 17.5 Å². The van der Waals surface area contributed by atoms with Crippen LogP contribution in [0.4, 0.5) is 0 Å². The Morgan fingerprint density at radius 3 is 2.53 bits per heavy atom. The van der Waals surface area contributed by atoms with Crippen molar-refractivity contribution in [1.82, 2.24) is 5.32 Å². The SMILES string of the molecule is CC(C)c1ccc(CN=C2NC(C)(C)CCS2)cc1. The summed E-state index contributed by atoms with van der Waals surface area (Å²) in [7, 11) is 0. The average molecular weight is 276 g/mol. The van der Waals surface area contributed by atoms with Crippen molar-refractivity contribution in [3.8, 4) is 0 Å². The van der Waals surface area contributed by atoms with Gasteiger partial charge in [0.2, 0.25) is 0 Å². The number of amidine groups is 1. The first kappa shape index (κ1) is 14.4. The summed E-state index contributed by atoms with van der Waals surface area (Å²) in [6.45, 7) is 9.68. The maximum absolute atomic E-state index is 4.69. The highest BCUT2D eigenvalue weighted by Crippen LogP contribution is 2.22. The zero-order valence-corrected chi connectivity index (χ0v) is 13.2. The van der Waals surface area contributed by atoms with E-state index in [9.17, 15) is 0 Å². The van der Waals surface area contributed by atoms with Crippen LogP contribution in [0, 0.1) is 0 Å². The second kappa shape index (κ2) is 6.00. The Kier molecular flexibility index (Phi) is 4.56. The van der Waals surface area contributed by atoms with Crippen molar-refractivity contribution < 1.29 is 0 Å². The molecule has 2 rings (SSSR count).